The molecule has 2 rings (SSSR count). The number of hydrogen-bond acceptors (Lipinski definition) is 5. The smallest absolute Gasteiger partial charge is 0.244 e. The van der Waals surface area contributed by atoms with Gasteiger partial charge in [0, 0.05) is 5.41 Å². The van der Waals surface area contributed by atoms with E-state index < -0.39 is 29.1 Å². The third-order valence-corrected chi connectivity index (χ3v) is 4.10. The number of likely N-dealkylation sites (tertiary alicyclic amines) is 1. The molecule has 0 unspecified atom stereocenters. The molecule has 2 saturated heterocycles. The fourth-order valence-electron chi connectivity index (χ4n) is 2.94. The van der Waals surface area contributed by atoms with Crippen molar-refractivity contribution in [3.63, 3.8) is 0 Å². The molecule has 6 nitrogen and oxygen atoms in total. The van der Waals surface area contributed by atoms with Crippen molar-refractivity contribution in [3.05, 3.63) is 0 Å². The molecule has 0 aliphatic carbocycles. The Morgan fingerprint density at radius 3 is 2.00 bits per heavy atom. The van der Waals surface area contributed by atoms with Crippen LogP contribution in [-0.4, -0.2) is 36.9 Å². The Kier molecular flexibility index (Phi) is 3.06. The van der Waals surface area contributed by atoms with Crippen LogP contribution < -0.4 is 5.32 Å². The zero-order valence-corrected chi connectivity index (χ0v) is 10.1. The van der Waals surface area contributed by atoms with E-state index in [1.54, 1.807) is 0 Å². The molecule has 94 valence electrons. The molecule has 0 aromatic rings. The molecule has 6 heteroatoms. The quantitative estimate of drug-likeness (QED) is 0.588. The maximum atomic E-state index is 11.8. The average molecular weight is 246 g/mol. The fraction of sp³-hybridized carbons (Fsp3) is 0.667. The molecule has 2 amide bonds. The Balaban J connectivity index is 2.43. The predicted octanol–water partition coefficient (Wildman–Crippen LogP) is -0.366. The van der Waals surface area contributed by atoms with Crippen LogP contribution in [0.3, 0.4) is 0 Å². The van der Waals surface area contributed by atoms with Gasteiger partial charge < -0.3 is 4.90 Å². The highest BCUT2D eigenvalue weighted by molar-refractivity contribution is 6.03. The number of hydrogen-bond donors (Lipinski definition) is 1. The summed E-state index contributed by atoms with van der Waals surface area (Å²) >= 11 is 0. The summed E-state index contributed by atoms with van der Waals surface area (Å²) in [5, 5.41) is 20.5. The van der Waals surface area contributed by atoms with Crippen molar-refractivity contribution in [1.82, 2.24) is 10.2 Å². The first-order valence-corrected chi connectivity index (χ1v) is 5.87. The van der Waals surface area contributed by atoms with E-state index in [1.807, 2.05) is 19.2 Å². The molecule has 2 aliphatic rings. The van der Waals surface area contributed by atoms with Gasteiger partial charge in [-0.1, -0.05) is 0 Å². The maximum Gasteiger partial charge on any atom is 0.244 e. The number of nitrogens with one attached hydrogen (secondary N) is 1. The number of nitrogens with zero attached hydrogens (tertiary/aromatic N) is 3. The molecule has 0 radical (unpaired) electrons. The van der Waals surface area contributed by atoms with Crippen LogP contribution in [0, 0.1) is 39.9 Å². The Bertz CT molecular complexity index is 431. The van der Waals surface area contributed by atoms with Gasteiger partial charge in [-0.25, -0.2) is 0 Å². The number of piperidine rings is 2. The summed E-state index contributed by atoms with van der Waals surface area (Å²) in [5.74, 6) is -2.93. The van der Waals surface area contributed by atoms with Gasteiger partial charge in [-0.3, -0.25) is 14.9 Å². The van der Waals surface area contributed by atoms with E-state index in [1.165, 1.54) is 0 Å². The molecule has 0 saturated carbocycles. The van der Waals surface area contributed by atoms with E-state index in [0.29, 0.717) is 25.9 Å². The van der Waals surface area contributed by atoms with E-state index in [0.717, 1.165) is 0 Å². The Morgan fingerprint density at radius 1 is 1.17 bits per heavy atom. The molecule has 18 heavy (non-hydrogen) atoms. The van der Waals surface area contributed by atoms with Crippen molar-refractivity contribution in [2.75, 3.05) is 20.1 Å². The van der Waals surface area contributed by atoms with Crippen LogP contribution in [0.25, 0.3) is 0 Å². The standard InChI is InChI=1S/C12H14N4O2/c1-16-4-2-12(3-5-16)8(6-13)10(17)15-11(18)9(12)7-14/h8-9H,2-5H2,1H3,(H,15,17,18)/t8-,9+. The number of carbonyl (C=O) groups is 2. The minimum Gasteiger partial charge on any atom is -0.306 e. The third kappa shape index (κ3) is 1.66. The van der Waals surface area contributed by atoms with Crippen LogP contribution in [0.5, 0.6) is 0 Å². The molecule has 1 spiro atoms. The van der Waals surface area contributed by atoms with Crippen molar-refractivity contribution >= 4 is 11.8 Å². The van der Waals surface area contributed by atoms with Gasteiger partial charge in [0.05, 0.1) is 12.1 Å². The average Bonchev–Trinajstić information content (AvgIpc) is 2.33. The summed E-state index contributed by atoms with van der Waals surface area (Å²) in [6.07, 6.45) is 1.05. The molecule has 0 bridgehead atoms. The largest absolute Gasteiger partial charge is 0.306 e. The summed E-state index contributed by atoms with van der Waals surface area (Å²) in [4.78, 5) is 25.6. The highest BCUT2D eigenvalue weighted by Crippen LogP contribution is 2.47. The first-order valence-electron chi connectivity index (χ1n) is 5.87. The number of rotatable bonds is 0. The van der Waals surface area contributed by atoms with Gasteiger partial charge in [0.2, 0.25) is 11.8 Å². The van der Waals surface area contributed by atoms with E-state index in [9.17, 15) is 20.1 Å². The minimum atomic E-state index is -0.909. The van der Waals surface area contributed by atoms with Crippen molar-refractivity contribution in [1.29, 1.82) is 10.5 Å². The van der Waals surface area contributed by atoms with E-state index in [-0.39, 0.29) is 0 Å². The fourth-order valence-corrected chi connectivity index (χ4v) is 2.94. The number of nitriles is 2. The normalized spacial score (nSPS) is 31.5. The van der Waals surface area contributed by atoms with Crippen molar-refractivity contribution in [2.24, 2.45) is 17.3 Å². The van der Waals surface area contributed by atoms with Gasteiger partial charge in [0.15, 0.2) is 0 Å². The highest BCUT2D eigenvalue weighted by Gasteiger charge is 2.56. The zero-order chi connectivity index (χ0) is 13.3. The van der Waals surface area contributed by atoms with Gasteiger partial charge in [-0.15, -0.1) is 0 Å². The minimum absolute atomic E-state index is 0.527. The predicted molar refractivity (Wildman–Crippen MR) is 60.5 cm³/mol. The van der Waals surface area contributed by atoms with Gasteiger partial charge in [0.25, 0.3) is 0 Å². The molecule has 2 fully saturated rings. The summed E-state index contributed by atoms with van der Waals surface area (Å²) in [6, 6.07) is 3.96. The second-order valence-corrected chi connectivity index (χ2v) is 5.01. The first kappa shape index (κ1) is 12.5. The van der Waals surface area contributed by atoms with Crippen LogP contribution in [0.2, 0.25) is 0 Å². The molecule has 2 heterocycles. The molecule has 0 aromatic heterocycles. The zero-order valence-electron chi connectivity index (χ0n) is 10.1. The van der Waals surface area contributed by atoms with Crippen molar-refractivity contribution in [3.8, 4) is 12.1 Å². The van der Waals surface area contributed by atoms with Crippen molar-refractivity contribution < 1.29 is 9.59 Å². The topological polar surface area (TPSA) is 97.0 Å². The van der Waals surface area contributed by atoms with Crippen LogP contribution in [0.15, 0.2) is 0 Å². The lowest BCUT2D eigenvalue weighted by molar-refractivity contribution is -0.147. The lowest BCUT2D eigenvalue weighted by atomic mass is 9.59. The molecule has 2 aliphatic heterocycles. The van der Waals surface area contributed by atoms with Crippen LogP contribution >= 0.6 is 0 Å². The molecule has 2 atom stereocenters. The highest BCUT2D eigenvalue weighted by atomic mass is 16.2. The van der Waals surface area contributed by atoms with Gasteiger partial charge >= 0.3 is 0 Å². The SMILES string of the molecule is CN1CCC2(CC1)[C@H](C#N)C(=O)NC(=O)[C@@H]2C#N. The summed E-state index contributed by atoms with van der Waals surface area (Å²) in [6.45, 7) is 1.38. The third-order valence-electron chi connectivity index (χ3n) is 4.10. The summed E-state index contributed by atoms with van der Waals surface area (Å²) < 4.78 is 0. The van der Waals surface area contributed by atoms with Gasteiger partial charge in [-0.05, 0) is 33.0 Å². The molecular formula is C12H14N4O2. The Hall–Kier alpha value is -1.92. The Morgan fingerprint density at radius 2 is 1.61 bits per heavy atom. The summed E-state index contributed by atoms with van der Waals surface area (Å²) in [5.41, 5.74) is -0.810. The monoisotopic (exact) mass is 246 g/mol. The van der Waals surface area contributed by atoms with E-state index >= 15 is 0 Å². The van der Waals surface area contributed by atoms with Crippen molar-refractivity contribution in [2.45, 2.75) is 12.8 Å². The molecule has 1 N–H and O–H groups in total. The lowest BCUT2D eigenvalue weighted by Crippen LogP contribution is -2.60. The molecule has 0 aromatic carbocycles. The van der Waals surface area contributed by atoms with Crippen LogP contribution in [-0.2, 0) is 9.59 Å². The van der Waals surface area contributed by atoms with E-state index in [2.05, 4.69) is 10.2 Å². The second-order valence-electron chi connectivity index (χ2n) is 5.01. The first-order chi connectivity index (χ1) is 8.55. The van der Waals surface area contributed by atoms with E-state index in [4.69, 9.17) is 0 Å². The summed E-state index contributed by atoms with van der Waals surface area (Å²) in [7, 11) is 1.94. The van der Waals surface area contributed by atoms with Gasteiger partial charge in [-0.2, -0.15) is 10.5 Å². The van der Waals surface area contributed by atoms with Crippen LogP contribution in [0.4, 0.5) is 0 Å². The second kappa shape index (κ2) is 4.40. The molecular weight excluding hydrogens is 232 g/mol. The number of carbonyl (C=O) groups excluding carboxylic acids is 2. The van der Waals surface area contributed by atoms with Crippen LogP contribution in [0.1, 0.15) is 12.8 Å². The van der Waals surface area contributed by atoms with Gasteiger partial charge in [0.1, 0.15) is 11.8 Å². The maximum absolute atomic E-state index is 11.8. The Labute approximate surface area is 105 Å². The number of imide groups is 1. The number of amides is 2. The lowest BCUT2D eigenvalue weighted by Gasteiger charge is -2.46.